The van der Waals surface area contributed by atoms with Gasteiger partial charge in [0.15, 0.2) is 15.7 Å². The van der Waals surface area contributed by atoms with Crippen LogP contribution >= 0.6 is 0 Å². The predicted molar refractivity (Wildman–Crippen MR) is 72.5 cm³/mol. The Labute approximate surface area is 112 Å². The highest BCUT2D eigenvalue weighted by Crippen LogP contribution is 2.27. The molecule has 106 valence electrons. The first kappa shape index (κ1) is 14.0. The summed E-state index contributed by atoms with van der Waals surface area (Å²) in [4.78, 5) is 8.29. The molecule has 1 saturated heterocycles. The van der Waals surface area contributed by atoms with Gasteiger partial charge in [0.05, 0.1) is 17.0 Å². The molecule has 3 N–H and O–H groups in total. The van der Waals surface area contributed by atoms with Crippen molar-refractivity contribution >= 4 is 21.5 Å². The maximum absolute atomic E-state index is 11.6. The molecule has 1 atom stereocenters. The third-order valence-electron chi connectivity index (χ3n) is 3.00. The van der Waals surface area contributed by atoms with Gasteiger partial charge in [0, 0.05) is 13.2 Å². The quantitative estimate of drug-likeness (QED) is 0.813. The molecule has 1 aliphatic rings. The van der Waals surface area contributed by atoms with Crippen LogP contribution in [0.15, 0.2) is 6.07 Å². The van der Waals surface area contributed by atoms with Crippen LogP contribution in [0.4, 0.5) is 11.6 Å². The lowest BCUT2D eigenvalue weighted by molar-refractivity contribution is 0.178. The number of ether oxygens (including phenoxy) is 1. The van der Waals surface area contributed by atoms with Crippen LogP contribution in [0, 0.1) is 0 Å². The molecular formula is C11H18N4O3S. The van der Waals surface area contributed by atoms with Crippen molar-refractivity contribution in [2.24, 2.45) is 0 Å². The Morgan fingerprint density at radius 1 is 1.53 bits per heavy atom. The standard InChI is InChI=1S/C11H18N4O3S/c1-11(3-4-19(16,17)7-11)15-9-5-8(12)13-10(14-9)6-18-2/h5H,3-4,6-7H2,1-2H3,(H3,12,13,14,15). The molecule has 7 nitrogen and oxygen atoms in total. The monoisotopic (exact) mass is 286 g/mol. The summed E-state index contributed by atoms with van der Waals surface area (Å²) in [5.41, 5.74) is 5.19. The summed E-state index contributed by atoms with van der Waals surface area (Å²) in [6.45, 7) is 2.13. The van der Waals surface area contributed by atoms with Crippen molar-refractivity contribution in [1.29, 1.82) is 0 Å². The third-order valence-corrected chi connectivity index (χ3v) is 4.90. The van der Waals surface area contributed by atoms with Crippen LogP contribution in [0.2, 0.25) is 0 Å². The van der Waals surface area contributed by atoms with Gasteiger partial charge in [0.25, 0.3) is 0 Å². The second-order valence-corrected chi connectivity index (χ2v) is 7.24. The average molecular weight is 286 g/mol. The van der Waals surface area contributed by atoms with Gasteiger partial charge in [-0.15, -0.1) is 0 Å². The molecule has 0 spiro atoms. The Morgan fingerprint density at radius 3 is 2.84 bits per heavy atom. The van der Waals surface area contributed by atoms with E-state index in [9.17, 15) is 8.42 Å². The van der Waals surface area contributed by atoms with Crippen molar-refractivity contribution in [2.45, 2.75) is 25.5 Å². The SMILES string of the molecule is COCc1nc(N)cc(NC2(C)CCS(=O)(=O)C2)n1. The number of hydrogen-bond donors (Lipinski definition) is 2. The first-order chi connectivity index (χ1) is 8.82. The fourth-order valence-electron chi connectivity index (χ4n) is 2.19. The molecule has 2 rings (SSSR count). The summed E-state index contributed by atoms with van der Waals surface area (Å²) in [7, 11) is -1.42. The van der Waals surface area contributed by atoms with E-state index in [1.807, 2.05) is 6.92 Å². The molecule has 1 aromatic rings. The summed E-state index contributed by atoms with van der Waals surface area (Å²) in [5, 5.41) is 3.15. The van der Waals surface area contributed by atoms with Crippen LogP contribution in [0.3, 0.4) is 0 Å². The number of nitrogens with one attached hydrogen (secondary N) is 1. The zero-order valence-electron chi connectivity index (χ0n) is 11.0. The lowest BCUT2D eigenvalue weighted by Crippen LogP contribution is -2.36. The number of anilines is 2. The normalized spacial score (nSPS) is 25.4. The maximum atomic E-state index is 11.6. The molecule has 1 unspecified atom stereocenters. The number of sulfone groups is 1. The number of aromatic nitrogens is 2. The van der Waals surface area contributed by atoms with Gasteiger partial charge in [-0.3, -0.25) is 0 Å². The predicted octanol–water partition coefficient (Wildman–Crippen LogP) is 0.194. The fraction of sp³-hybridized carbons (Fsp3) is 0.636. The van der Waals surface area contributed by atoms with Gasteiger partial charge < -0.3 is 15.8 Å². The van der Waals surface area contributed by atoms with Crippen molar-refractivity contribution in [3.63, 3.8) is 0 Å². The van der Waals surface area contributed by atoms with Crippen molar-refractivity contribution in [3.8, 4) is 0 Å². The molecule has 0 aliphatic carbocycles. The largest absolute Gasteiger partial charge is 0.384 e. The molecule has 2 heterocycles. The Hall–Kier alpha value is -1.41. The third kappa shape index (κ3) is 3.54. The van der Waals surface area contributed by atoms with Gasteiger partial charge >= 0.3 is 0 Å². The summed E-state index contributed by atoms with van der Waals surface area (Å²) < 4.78 is 28.1. The Kier molecular flexibility index (Phi) is 3.64. The van der Waals surface area contributed by atoms with Crippen LogP contribution in [-0.4, -0.2) is 42.5 Å². The highest BCUT2D eigenvalue weighted by molar-refractivity contribution is 7.91. The summed E-state index contributed by atoms with van der Waals surface area (Å²) in [6, 6.07) is 1.59. The summed E-state index contributed by atoms with van der Waals surface area (Å²) in [6.07, 6.45) is 0.554. The Balaban J connectivity index is 2.19. The van der Waals surface area contributed by atoms with E-state index >= 15 is 0 Å². The van der Waals surface area contributed by atoms with E-state index in [-0.39, 0.29) is 18.1 Å². The highest BCUT2D eigenvalue weighted by Gasteiger charge is 2.38. The van der Waals surface area contributed by atoms with Gasteiger partial charge in [-0.1, -0.05) is 0 Å². The first-order valence-corrected chi connectivity index (χ1v) is 7.75. The van der Waals surface area contributed by atoms with Gasteiger partial charge in [0.2, 0.25) is 0 Å². The minimum absolute atomic E-state index is 0.101. The first-order valence-electron chi connectivity index (χ1n) is 5.93. The summed E-state index contributed by atoms with van der Waals surface area (Å²) in [5.74, 6) is 1.62. The number of rotatable bonds is 4. The van der Waals surface area contributed by atoms with Crippen LogP contribution in [0.25, 0.3) is 0 Å². The minimum atomic E-state index is -2.97. The molecule has 0 saturated carbocycles. The molecule has 0 radical (unpaired) electrons. The van der Waals surface area contributed by atoms with Crippen LogP contribution in [0.1, 0.15) is 19.2 Å². The van der Waals surface area contributed by atoms with E-state index in [1.54, 1.807) is 13.2 Å². The zero-order chi connectivity index (χ0) is 14.1. The lowest BCUT2D eigenvalue weighted by atomic mass is 10.0. The molecule has 0 bridgehead atoms. The minimum Gasteiger partial charge on any atom is -0.384 e. The average Bonchev–Trinajstić information content (AvgIpc) is 2.52. The van der Waals surface area contributed by atoms with Crippen LogP contribution < -0.4 is 11.1 Å². The second kappa shape index (κ2) is 4.93. The van der Waals surface area contributed by atoms with Crippen molar-refractivity contribution in [3.05, 3.63) is 11.9 Å². The van der Waals surface area contributed by atoms with Gasteiger partial charge in [0.1, 0.15) is 18.2 Å². The molecular weight excluding hydrogens is 268 g/mol. The van der Waals surface area contributed by atoms with Crippen molar-refractivity contribution < 1.29 is 13.2 Å². The van der Waals surface area contributed by atoms with Gasteiger partial charge in [-0.25, -0.2) is 18.4 Å². The van der Waals surface area contributed by atoms with E-state index in [0.29, 0.717) is 23.9 Å². The lowest BCUT2D eigenvalue weighted by Gasteiger charge is -2.24. The zero-order valence-corrected chi connectivity index (χ0v) is 11.8. The number of hydrogen-bond acceptors (Lipinski definition) is 7. The van der Waals surface area contributed by atoms with E-state index in [4.69, 9.17) is 10.5 Å². The van der Waals surface area contributed by atoms with Crippen molar-refractivity contribution in [2.75, 3.05) is 29.7 Å². The second-order valence-electron chi connectivity index (χ2n) is 5.05. The van der Waals surface area contributed by atoms with E-state index in [0.717, 1.165) is 0 Å². The fourth-order valence-corrected chi connectivity index (χ4v) is 4.29. The smallest absolute Gasteiger partial charge is 0.158 e. The number of nitrogens with zero attached hydrogens (tertiary/aromatic N) is 2. The van der Waals surface area contributed by atoms with Gasteiger partial charge in [-0.2, -0.15) is 0 Å². The molecule has 1 aromatic heterocycles. The Morgan fingerprint density at radius 2 is 2.26 bits per heavy atom. The Bertz CT molecular complexity index is 575. The van der Waals surface area contributed by atoms with Crippen molar-refractivity contribution in [1.82, 2.24) is 9.97 Å². The molecule has 0 amide bonds. The number of nitrogens with two attached hydrogens (primary N) is 1. The highest BCUT2D eigenvalue weighted by atomic mass is 32.2. The van der Waals surface area contributed by atoms with Crippen LogP contribution in [0.5, 0.6) is 0 Å². The molecule has 8 heteroatoms. The topological polar surface area (TPSA) is 107 Å². The number of nitrogen functional groups attached to an aromatic ring is 1. The summed E-state index contributed by atoms with van der Waals surface area (Å²) >= 11 is 0. The molecule has 0 aromatic carbocycles. The van der Waals surface area contributed by atoms with E-state index in [1.165, 1.54) is 0 Å². The van der Waals surface area contributed by atoms with Gasteiger partial charge in [-0.05, 0) is 13.3 Å². The van der Waals surface area contributed by atoms with E-state index in [2.05, 4.69) is 15.3 Å². The van der Waals surface area contributed by atoms with E-state index < -0.39 is 15.4 Å². The van der Waals surface area contributed by atoms with Crippen LogP contribution in [-0.2, 0) is 21.2 Å². The molecule has 19 heavy (non-hydrogen) atoms. The number of methoxy groups -OCH3 is 1. The maximum Gasteiger partial charge on any atom is 0.158 e. The molecule has 1 aliphatic heterocycles. The molecule has 1 fully saturated rings.